The highest BCUT2D eigenvalue weighted by molar-refractivity contribution is 9.10. The van der Waals surface area contributed by atoms with Gasteiger partial charge in [-0.05, 0) is 53.7 Å². The normalized spacial score (nSPS) is 25.4. The van der Waals surface area contributed by atoms with E-state index < -0.39 is 11.6 Å². The quantitative estimate of drug-likeness (QED) is 0.754. The highest BCUT2D eigenvalue weighted by atomic mass is 79.9. The van der Waals surface area contributed by atoms with Gasteiger partial charge in [0.15, 0.2) is 0 Å². The topological polar surface area (TPSA) is 78.8 Å². The minimum atomic E-state index is -0.853. The van der Waals surface area contributed by atoms with Gasteiger partial charge in [-0.3, -0.25) is 4.79 Å². The lowest BCUT2D eigenvalue weighted by molar-refractivity contribution is -0.144. The fraction of sp³-hybridized carbons (Fsp3) is 0.533. The second-order valence-corrected chi connectivity index (χ2v) is 6.39. The van der Waals surface area contributed by atoms with Crippen LogP contribution in [0.1, 0.15) is 25.7 Å². The first-order valence-corrected chi connectivity index (χ1v) is 7.75. The molecule has 1 aromatic carbocycles. The van der Waals surface area contributed by atoms with Crippen LogP contribution in [0.5, 0.6) is 5.75 Å². The number of ether oxygens (including phenoxy) is 1. The maximum absolute atomic E-state index is 10.9. The second kappa shape index (κ2) is 6.66. The molecule has 0 saturated heterocycles. The fourth-order valence-electron chi connectivity index (χ4n) is 2.61. The minimum Gasteiger partial charge on any atom is -0.497 e. The lowest BCUT2D eigenvalue weighted by Gasteiger charge is -2.35. The van der Waals surface area contributed by atoms with Crippen LogP contribution in [0.4, 0.5) is 5.69 Å². The number of carboxylic acids is 1. The van der Waals surface area contributed by atoms with E-state index in [1.165, 1.54) is 0 Å². The number of carboxylic acid groups (broad SMARTS) is 1. The Morgan fingerprint density at radius 1 is 1.48 bits per heavy atom. The molecular weight excluding hydrogens is 338 g/mol. The Labute approximate surface area is 132 Å². The molecule has 0 spiro atoms. The smallest absolute Gasteiger partial charge is 0.306 e. The molecule has 116 valence electrons. The molecule has 0 unspecified atom stereocenters. The van der Waals surface area contributed by atoms with E-state index in [9.17, 15) is 9.90 Å². The summed E-state index contributed by atoms with van der Waals surface area (Å²) in [5, 5.41) is 22.8. The molecule has 0 radical (unpaired) electrons. The predicted octanol–water partition coefficient (Wildman–Crippen LogP) is 2.88. The van der Waals surface area contributed by atoms with Crippen LogP contribution in [0.2, 0.25) is 0 Å². The number of nitrogens with one attached hydrogen (secondary N) is 1. The Balaban J connectivity index is 1.95. The van der Waals surface area contributed by atoms with Crippen LogP contribution >= 0.6 is 15.9 Å². The molecule has 6 heteroatoms. The summed E-state index contributed by atoms with van der Waals surface area (Å²) in [4.78, 5) is 10.9. The van der Waals surface area contributed by atoms with Crippen molar-refractivity contribution in [2.75, 3.05) is 19.0 Å². The van der Waals surface area contributed by atoms with Crippen LogP contribution in [0.15, 0.2) is 22.7 Å². The number of aliphatic hydroxyl groups is 1. The number of carbonyl (C=O) groups is 1. The van der Waals surface area contributed by atoms with Gasteiger partial charge < -0.3 is 20.3 Å². The van der Waals surface area contributed by atoms with Crippen molar-refractivity contribution in [3.63, 3.8) is 0 Å². The highest BCUT2D eigenvalue weighted by Crippen LogP contribution is 2.34. The fourth-order valence-corrected chi connectivity index (χ4v) is 2.99. The summed E-state index contributed by atoms with van der Waals surface area (Å²) in [6, 6.07) is 5.59. The second-order valence-electron chi connectivity index (χ2n) is 5.54. The largest absolute Gasteiger partial charge is 0.497 e. The van der Waals surface area contributed by atoms with E-state index in [0.717, 1.165) is 15.9 Å². The Bertz CT molecular complexity index is 512. The van der Waals surface area contributed by atoms with Gasteiger partial charge in [0.1, 0.15) is 5.75 Å². The maximum atomic E-state index is 10.9. The average molecular weight is 358 g/mol. The molecular formula is C15H20BrNO4. The lowest BCUT2D eigenvalue weighted by Crippen LogP contribution is -2.41. The molecule has 21 heavy (non-hydrogen) atoms. The average Bonchev–Trinajstić information content (AvgIpc) is 2.47. The third kappa shape index (κ3) is 4.11. The van der Waals surface area contributed by atoms with E-state index in [0.29, 0.717) is 32.2 Å². The molecule has 2 rings (SSSR count). The van der Waals surface area contributed by atoms with Crippen molar-refractivity contribution in [1.29, 1.82) is 0 Å². The Morgan fingerprint density at radius 2 is 2.14 bits per heavy atom. The van der Waals surface area contributed by atoms with Gasteiger partial charge in [0, 0.05) is 17.1 Å². The number of benzene rings is 1. The summed E-state index contributed by atoms with van der Waals surface area (Å²) >= 11 is 3.45. The molecule has 1 aliphatic carbocycles. The molecule has 0 atom stereocenters. The Morgan fingerprint density at radius 3 is 2.71 bits per heavy atom. The molecule has 1 saturated carbocycles. The summed E-state index contributed by atoms with van der Waals surface area (Å²) in [5.74, 6) is -0.350. The van der Waals surface area contributed by atoms with Gasteiger partial charge in [-0.25, -0.2) is 0 Å². The summed E-state index contributed by atoms with van der Waals surface area (Å²) in [7, 11) is 1.60. The molecule has 5 nitrogen and oxygen atoms in total. The van der Waals surface area contributed by atoms with Crippen molar-refractivity contribution >= 4 is 27.6 Å². The van der Waals surface area contributed by atoms with Crippen LogP contribution < -0.4 is 10.1 Å². The first kappa shape index (κ1) is 16.1. The third-order valence-electron chi connectivity index (χ3n) is 4.05. The summed E-state index contributed by atoms with van der Waals surface area (Å²) in [6.45, 7) is 0.394. The molecule has 3 N–H and O–H groups in total. The lowest BCUT2D eigenvalue weighted by atomic mass is 9.79. The number of halogens is 1. The van der Waals surface area contributed by atoms with Gasteiger partial charge in [0.2, 0.25) is 0 Å². The maximum Gasteiger partial charge on any atom is 0.306 e. The van der Waals surface area contributed by atoms with E-state index in [4.69, 9.17) is 9.84 Å². The van der Waals surface area contributed by atoms with Gasteiger partial charge in [-0.15, -0.1) is 0 Å². The first-order chi connectivity index (χ1) is 9.93. The van der Waals surface area contributed by atoms with Crippen LogP contribution in [-0.4, -0.2) is 35.4 Å². The molecule has 0 aliphatic heterocycles. The summed E-state index contributed by atoms with van der Waals surface area (Å²) < 4.78 is 6.07. The number of methoxy groups -OCH3 is 1. The van der Waals surface area contributed by atoms with Gasteiger partial charge >= 0.3 is 5.97 Å². The molecule has 1 aromatic rings. The van der Waals surface area contributed by atoms with Crippen LogP contribution in [0.25, 0.3) is 0 Å². The van der Waals surface area contributed by atoms with Crippen LogP contribution in [0, 0.1) is 5.92 Å². The molecule has 0 bridgehead atoms. The zero-order valence-corrected chi connectivity index (χ0v) is 13.5. The van der Waals surface area contributed by atoms with Gasteiger partial charge in [-0.2, -0.15) is 0 Å². The van der Waals surface area contributed by atoms with E-state index in [-0.39, 0.29) is 5.92 Å². The SMILES string of the molecule is COc1ccc(Br)c(NCC2(O)CCC(C(=O)O)CC2)c1. The van der Waals surface area contributed by atoms with Crippen molar-refractivity contribution in [1.82, 2.24) is 0 Å². The van der Waals surface area contributed by atoms with E-state index in [2.05, 4.69) is 21.2 Å². The third-order valence-corrected chi connectivity index (χ3v) is 4.74. The first-order valence-electron chi connectivity index (χ1n) is 6.96. The molecule has 1 fully saturated rings. The number of aliphatic carboxylic acids is 1. The van der Waals surface area contributed by atoms with Crippen molar-refractivity contribution in [2.45, 2.75) is 31.3 Å². The number of hydrogen-bond acceptors (Lipinski definition) is 4. The van der Waals surface area contributed by atoms with Crippen molar-refractivity contribution in [2.24, 2.45) is 5.92 Å². The van der Waals surface area contributed by atoms with Gasteiger partial charge in [-0.1, -0.05) is 0 Å². The predicted molar refractivity (Wildman–Crippen MR) is 83.7 cm³/mol. The van der Waals surface area contributed by atoms with Crippen molar-refractivity contribution in [3.05, 3.63) is 22.7 Å². The Kier molecular flexibility index (Phi) is 5.11. The number of anilines is 1. The standard InChI is InChI=1S/C15H20BrNO4/c1-21-11-2-3-12(16)13(8-11)17-9-15(20)6-4-10(5-7-15)14(18)19/h2-3,8,10,17,20H,4-7,9H2,1H3,(H,18,19). The minimum absolute atomic E-state index is 0.325. The monoisotopic (exact) mass is 357 g/mol. The Hall–Kier alpha value is -1.27. The van der Waals surface area contributed by atoms with Crippen LogP contribution in [0.3, 0.4) is 0 Å². The van der Waals surface area contributed by atoms with E-state index in [1.54, 1.807) is 7.11 Å². The van der Waals surface area contributed by atoms with Gasteiger partial charge in [0.25, 0.3) is 0 Å². The van der Waals surface area contributed by atoms with Crippen molar-refractivity contribution < 1.29 is 19.7 Å². The number of hydrogen-bond donors (Lipinski definition) is 3. The van der Waals surface area contributed by atoms with E-state index >= 15 is 0 Å². The summed E-state index contributed by atoms with van der Waals surface area (Å²) in [6.07, 6.45) is 2.04. The zero-order chi connectivity index (χ0) is 15.5. The molecule has 0 heterocycles. The molecule has 0 amide bonds. The summed E-state index contributed by atoms with van der Waals surface area (Å²) in [5.41, 5.74) is -0.00259. The van der Waals surface area contributed by atoms with Crippen molar-refractivity contribution in [3.8, 4) is 5.75 Å². The highest BCUT2D eigenvalue weighted by Gasteiger charge is 2.35. The van der Waals surface area contributed by atoms with Crippen LogP contribution in [-0.2, 0) is 4.79 Å². The van der Waals surface area contributed by atoms with Gasteiger partial charge in [0.05, 0.1) is 24.3 Å². The van der Waals surface area contributed by atoms with E-state index in [1.807, 2.05) is 18.2 Å². The molecule has 0 aromatic heterocycles. The number of rotatable bonds is 5. The molecule has 1 aliphatic rings. The zero-order valence-electron chi connectivity index (χ0n) is 11.9.